The molecule has 0 aliphatic carbocycles. The fraction of sp³-hybridized carbons (Fsp3) is 0.444. The molecule has 0 aliphatic rings. The number of nitrogens with two attached hydrogens (primary N) is 1. The minimum Gasteiger partial charge on any atom is -0.455 e. The van der Waals surface area contributed by atoms with E-state index in [1.807, 2.05) is 0 Å². The summed E-state index contributed by atoms with van der Waals surface area (Å²) in [7, 11) is 0. The Morgan fingerprint density at radius 2 is 1.33 bits per heavy atom. The van der Waals surface area contributed by atoms with E-state index in [0.717, 1.165) is 10.7 Å². The number of fused-ring (bicyclic) bond motifs is 1. The molecule has 2 aromatic heterocycles. The second kappa shape index (κ2) is 10.2. The smallest absolute Gasteiger partial charge is 0.376 e. The standard InChI is InChI=1S/C27H32BrFN4O6/c1-25(2,3)37-22(34)18-20-17(31-21(32-18)24(36)39-27(7,8)9)16(13-10-14(28)12-15(29)11-13)19(33(20)30)23(35)38-26(4,5)6/h10-12H,30H2,1-9H3. The summed E-state index contributed by atoms with van der Waals surface area (Å²) in [5.74, 6) is 2.59. The SMILES string of the molecule is CC(C)(C)OC(=O)c1nc(C(=O)OC(C)(C)C)c2c(n1)c(-c1cc(F)cc(Br)c1)c(C(=O)OC(C)(C)C)n2N. The van der Waals surface area contributed by atoms with Crippen molar-refractivity contribution >= 4 is 44.9 Å². The van der Waals surface area contributed by atoms with E-state index in [9.17, 15) is 18.8 Å². The summed E-state index contributed by atoms with van der Waals surface area (Å²) in [4.78, 5) is 48.3. The van der Waals surface area contributed by atoms with Crippen molar-refractivity contribution < 1.29 is 33.0 Å². The molecule has 0 saturated carbocycles. The maximum atomic E-state index is 14.5. The molecular formula is C27H32BrFN4O6. The van der Waals surface area contributed by atoms with Crippen molar-refractivity contribution in [1.82, 2.24) is 14.6 Å². The summed E-state index contributed by atoms with van der Waals surface area (Å²) >= 11 is 3.26. The highest BCUT2D eigenvalue weighted by Crippen LogP contribution is 2.37. The Kier molecular flexibility index (Phi) is 7.86. The summed E-state index contributed by atoms with van der Waals surface area (Å²) in [5.41, 5.74) is -3.37. The van der Waals surface area contributed by atoms with Gasteiger partial charge in [-0.2, -0.15) is 0 Å². The van der Waals surface area contributed by atoms with Crippen LogP contribution in [-0.2, 0) is 14.2 Å². The Balaban J connectivity index is 2.50. The first kappa shape index (κ1) is 30.0. The molecule has 2 N–H and O–H groups in total. The van der Waals surface area contributed by atoms with E-state index in [-0.39, 0.29) is 33.5 Å². The van der Waals surface area contributed by atoms with Crippen LogP contribution in [0.3, 0.4) is 0 Å². The van der Waals surface area contributed by atoms with E-state index in [2.05, 4.69) is 25.9 Å². The van der Waals surface area contributed by atoms with Crippen LogP contribution in [0.5, 0.6) is 0 Å². The molecule has 0 aliphatic heterocycles. The molecule has 12 heteroatoms. The van der Waals surface area contributed by atoms with Crippen molar-refractivity contribution in [2.24, 2.45) is 0 Å². The molecule has 0 spiro atoms. The third kappa shape index (κ3) is 7.11. The third-order valence-corrected chi connectivity index (χ3v) is 5.21. The van der Waals surface area contributed by atoms with Gasteiger partial charge in [0.2, 0.25) is 5.82 Å². The van der Waals surface area contributed by atoms with Gasteiger partial charge in [0.15, 0.2) is 11.4 Å². The molecule has 1 aromatic carbocycles. The van der Waals surface area contributed by atoms with Crippen molar-refractivity contribution in [3.05, 3.63) is 45.7 Å². The number of nitrogens with zero attached hydrogens (tertiary/aromatic N) is 3. The topological polar surface area (TPSA) is 136 Å². The van der Waals surface area contributed by atoms with Crippen LogP contribution < -0.4 is 5.84 Å². The van der Waals surface area contributed by atoms with Gasteiger partial charge in [-0.1, -0.05) is 15.9 Å². The van der Waals surface area contributed by atoms with Crippen LogP contribution in [0.25, 0.3) is 22.2 Å². The van der Waals surface area contributed by atoms with Gasteiger partial charge in [0, 0.05) is 10.0 Å². The first-order valence-corrected chi connectivity index (χ1v) is 12.8. The summed E-state index contributed by atoms with van der Waals surface area (Å²) in [5, 5.41) is 0. The monoisotopic (exact) mass is 606 g/mol. The van der Waals surface area contributed by atoms with Crippen LogP contribution >= 0.6 is 15.9 Å². The molecule has 3 rings (SSSR count). The van der Waals surface area contributed by atoms with Gasteiger partial charge in [-0.15, -0.1) is 0 Å². The Labute approximate surface area is 234 Å². The molecule has 0 radical (unpaired) electrons. The van der Waals surface area contributed by atoms with Crippen molar-refractivity contribution in [2.75, 3.05) is 5.84 Å². The average molecular weight is 607 g/mol. The van der Waals surface area contributed by atoms with E-state index in [1.165, 1.54) is 12.1 Å². The van der Waals surface area contributed by atoms with Gasteiger partial charge in [0.05, 0.1) is 0 Å². The normalized spacial score (nSPS) is 12.4. The maximum Gasteiger partial charge on any atom is 0.376 e. The molecule has 0 atom stereocenters. The maximum absolute atomic E-state index is 14.5. The fourth-order valence-electron chi connectivity index (χ4n) is 3.58. The quantitative estimate of drug-likeness (QED) is 0.229. The number of carbonyl (C=O) groups is 3. The number of rotatable bonds is 4. The lowest BCUT2D eigenvalue weighted by atomic mass is 10.0. The van der Waals surface area contributed by atoms with E-state index in [1.54, 1.807) is 62.3 Å². The molecule has 0 fully saturated rings. The molecular weight excluding hydrogens is 575 g/mol. The lowest BCUT2D eigenvalue weighted by Crippen LogP contribution is -2.29. The number of ether oxygens (including phenoxy) is 3. The Morgan fingerprint density at radius 3 is 1.85 bits per heavy atom. The number of benzene rings is 1. The van der Waals surface area contributed by atoms with Crippen molar-refractivity contribution in [3.8, 4) is 11.1 Å². The zero-order valence-corrected chi connectivity index (χ0v) is 24.9. The Hall–Kier alpha value is -3.54. The van der Waals surface area contributed by atoms with Gasteiger partial charge in [0.1, 0.15) is 33.7 Å². The van der Waals surface area contributed by atoms with Crippen molar-refractivity contribution in [3.63, 3.8) is 0 Å². The second-order valence-corrected chi connectivity index (χ2v) is 12.8. The molecule has 2 heterocycles. The van der Waals surface area contributed by atoms with E-state index in [4.69, 9.17) is 20.1 Å². The second-order valence-electron chi connectivity index (χ2n) is 11.9. The molecule has 3 aromatic rings. The van der Waals surface area contributed by atoms with Gasteiger partial charge in [-0.3, -0.25) is 4.68 Å². The van der Waals surface area contributed by atoms with Crippen LogP contribution in [0.4, 0.5) is 4.39 Å². The molecule has 0 amide bonds. The van der Waals surface area contributed by atoms with Gasteiger partial charge in [-0.05, 0) is 86.1 Å². The van der Waals surface area contributed by atoms with Gasteiger partial charge >= 0.3 is 17.9 Å². The lowest BCUT2D eigenvalue weighted by Gasteiger charge is -2.21. The van der Waals surface area contributed by atoms with Crippen LogP contribution in [0.2, 0.25) is 0 Å². The number of halogens is 2. The predicted octanol–water partition coefficient (Wildman–Crippen LogP) is 5.58. The van der Waals surface area contributed by atoms with Crippen LogP contribution in [-0.4, -0.2) is 49.4 Å². The van der Waals surface area contributed by atoms with E-state index >= 15 is 0 Å². The summed E-state index contributed by atoms with van der Waals surface area (Å²) in [6.07, 6.45) is 0. The van der Waals surface area contributed by atoms with Crippen LogP contribution in [0.15, 0.2) is 22.7 Å². The number of esters is 3. The van der Waals surface area contributed by atoms with Gasteiger partial charge < -0.3 is 20.1 Å². The minimum absolute atomic E-state index is 0.0268. The number of nitrogen functional groups attached to an aromatic ring is 1. The summed E-state index contributed by atoms with van der Waals surface area (Å²) in [6, 6.07) is 3.93. The van der Waals surface area contributed by atoms with Crippen molar-refractivity contribution in [1.29, 1.82) is 0 Å². The zero-order chi connectivity index (χ0) is 29.7. The highest BCUT2D eigenvalue weighted by molar-refractivity contribution is 9.10. The third-order valence-electron chi connectivity index (χ3n) is 4.76. The zero-order valence-electron chi connectivity index (χ0n) is 23.4. The van der Waals surface area contributed by atoms with E-state index < -0.39 is 46.4 Å². The Morgan fingerprint density at radius 1 is 0.821 bits per heavy atom. The van der Waals surface area contributed by atoms with Crippen LogP contribution in [0.1, 0.15) is 93.9 Å². The summed E-state index contributed by atoms with van der Waals surface area (Å²) < 4.78 is 32.3. The first-order chi connectivity index (χ1) is 17.7. The predicted molar refractivity (Wildman–Crippen MR) is 146 cm³/mol. The minimum atomic E-state index is -0.934. The van der Waals surface area contributed by atoms with E-state index in [0.29, 0.717) is 4.47 Å². The Bertz CT molecular complexity index is 1460. The molecule has 0 unspecified atom stereocenters. The lowest BCUT2D eigenvalue weighted by molar-refractivity contribution is 0.00377. The molecule has 0 saturated heterocycles. The number of aromatic nitrogens is 3. The molecule has 0 bridgehead atoms. The van der Waals surface area contributed by atoms with Gasteiger partial charge in [0.25, 0.3) is 0 Å². The van der Waals surface area contributed by atoms with Gasteiger partial charge in [-0.25, -0.2) is 28.7 Å². The highest BCUT2D eigenvalue weighted by atomic mass is 79.9. The van der Waals surface area contributed by atoms with Crippen LogP contribution in [0, 0.1) is 5.82 Å². The molecule has 210 valence electrons. The summed E-state index contributed by atoms with van der Waals surface area (Å²) in [6.45, 7) is 14.9. The highest BCUT2D eigenvalue weighted by Gasteiger charge is 2.35. The number of carbonyl (C=O) groups excluding carboxylic acids is 3. The fourth-order valence-corrected chi connectivity index (χ4v) is 4.05. The molecule has 10 nitrogen and oxygen atoms in total. The van der Waals surface area contributed by atoms with Crippen molar-refractivity contribution in [2.45, 2.75) is 79.1 Å². The number of hydrogen-bond donors (Lipinski definition) is 1. The number of hydrogen-bond acceptors (Lipinski definition) is 9. The average Bonchev–Trinajstić information content (AvgIpc) is 3.01. The molecule has 39 heavy (non-hydrogen) atoms. The first-order valence-electron chi connectivity index (χ1n) is 12.0. The largest absolute Gasteiger partial charge is 0.455 e.